The van der Waals surface area contributed by atoms with Crippen LogP contribution in [-0.4, -0.2) is 50.0 Å². The number of aliphatic hydroxyl groups excluding tert-OH is 1. The number of aliphatic hydroxyl groups is 1. The van der Waals surface area contributed by atoms with Crippen molar-refractivity contribution in [3.8, 4) is 0 Å². The second-order valence-electron chi connectivity index (χ2n) is 3.99. The minimum absolute atomic E-state index is 0.111. The van der Waals surface area contributed by atoms with Gasteiger partial charge in [0.05, 0.1) is 24.7 Å². The molecule has 0 aliphatic carbocycles. The third-order valence-electron chi connectivity index (χ3n) is 2.56. The van der Waals surface area contributed by atoms with Gasteiger partial charge in [0, 0.05) is 13.6 Å². The molecule has 17 heavy (non-hydrogen) atoms. The van der Waals surface area contributed by atoms with Gasteiger partial charge in [-0.2, -0.15) is 5.10 Å². The summed E-state index contributed by atoms with van der Waals surface area (Å²) >= 11 is 0. The summed E-state index contributed by atoms with van der Waals surface area (Å²) in [7, 11) is 3.71. The highest BCUT2D eigenvalue weighted by atomic mass is 16.3. The molecule has 3 N–H and O–H groups in total. The molecular weight excluding hydrogens is 220 g/mol. The summed E-state index contributed by atoms with van der Waals surface area (Å²) in [5.41, 5.74) is 6.57. The van der Waals surface area contributed by atoms with Crippen LogP contribution in [0, 0.1) is 0 Å². The molecule has 0 atom stereocenters. The van der Waals surface area contributed by atoms with Crippen molar-refractivity contribution < 1.29 is 5.11 Å². The summed E-state index contributed by atoms with van der Waals surface area (Å²) < 4.78 is 1.67. The van der Waals surface area contributed by atoms with Gasteiger partial charge in [-0.3, -0.25) is 9.58 Å². The van der Waals surface area contributed by atoms with Crippen LogP contribution in [0.25, 0.3) is 11.0 Å². The van der Waals surface area contributed by atoms with Gasteiger partial charge in [0.2, 0.25) is 0 Å². The Balaban J connectivity index is 2.32. The molecule has 2 heterocycles. The van der Waals surface area contributed by atoms with E-state index in [1.807, 2.05) is 19.0 Å². The third kappa shape index (κ3) is 2.34. The molecule has 0 amide bonds. The number of likely N-dealkylation sites (N-methyl/N-ethyl adjacent to an activating group) is 1. The SMILES string of the molecule is CN(CCO)Cc1nc(N)c2cnn(C)c2n1. The van der Waals surface area contributed by atoms with Crippen LogP contribution < -0.4 is 5.73 Å². The molecule has 2 aromatic heterocycles. The van der Waals surface area contributed by atoms with Gasteiger partial charge in [-0.05, 0) is 7.05 Å². The second-order valence-corrected chi connectivity index (χ2v) is 3.99. The molecule has 0 radical (unpaired) electrons. The Morgan fingerprint density at radius 3 is 2.94 bits per heavy atom. The lowest BCUT2D eigenvalue weighted by Crippen LogP contribution is -2.23. The number of aryl methyl sites for hydroxylation is 1. The number of hydrogen-bond donors (Lipinski definition) is 2. The van der Waals surface area contributed by atoms with Gasteiger partial charge >= 0.3 is 0 Å². The van der Waals surface area contributed by atoms with E-state index in [1.54, 1.807) is 10.9 Å². The number of fused-ring (bicyclic) bond motifs is 1. The van der Waals surface area contributed by atoms with E-state index in [2.05, 4.69) is 15.1 Å². The Bertz CT molecular complexity index is 523. The zero-order valence-electron chi connectivity index (χ0n) is 9.96. The van der Waals surface area contributed by atoms with E-state index in [9.17, 15) is 0 Å². The van der Waals surface area contributed by atoms with Crippen molar-refractivity contribution in [3.63, 3.8) is 0 Å². The first-order valence-electron chi connectivity index (χ1n) is 5.35. The van der Waals surface area contributed by atoms with Crippen LogP contribution in [0.4, 0.5) is 5.82 Å². The fourth-order valence-electron chi connectivity index (χ4n) is 1.65. The van der Waals surface area contributed by atoms with Gasteiger partial charge in [-0.15, -0.1) is 0 Å². The molecule has 7 heteroatoms. The largest absolute Gasteiger partial charge is 0.395 e. The molecule has 7 nitrogen and oxygen atoms in total. The Morgan fingerprint density at radius 1 is 1.47 bits per heavy atom. The minimum Gasteiger partial charge on any atom is -0.395 e. The van der Waals surface area contributed by atoms with Gasteiger partial charge < -0.3 is 10.8 Å². The molecule has 0 spiro atoms. The average Bonchev–Trinajstić information content (AvgIpc) is 2.61. The normalized spacial score (nSPS) is 11.5. The number of hydrogen-bond acceptors (Lipinski definition) is 6. The number of rotatable bonds is 4. The van der Waals surface area contributed by atoms with Crippen LogP contribution >= 0.6 is 0 Å². The molecule has 92 valence electrons. The second kappa shape index (κ2) is 4.64. The third-order valence-corrected chi connectivity index (χ3v) is 2.56. The first-order chi connectivity index (χ1) is 8.11. The van der Waals surface area contributed by atoms with Crippen LogP contribution in [-0.2, 0) is 13.6 Å². The van der Waals surface area contributed by atoms with E-state index in [0.717, 1.165) is 11.0 Å². The van der Waals surface area contributed by atoms with Crippen molar-refractivity contribution >= 4 is 16.9 Å². The molecule has 0 aliphatic rings. The molecule has 0 aliphatic heterocycles. The number of nitrogen functional groups attached to an aromatic ring is 1. The van der Waals surface area contributed by atoms with Crippen molar-refractivity contribution in [1.29, 1.82) is 0 Å². The van der Waals surface area contributed by atoms with E-state index in [-0.39, 0.29) is 6.61 Å². The van der Waals surface area contributed by atoms with Gasteiger partial charge in [-0.25, -0.2) is 9.97 Å². The maximum Gasteiger partial charge on any atom is 0.163 e. The monoisotopic (exact) mass is 236 g/mol. The van der Waals surface area contributed by atoms with Crippen molar-refractivity contribution in [2.45, 2.75) is 6.54 Å². The highest BCUT2D eigenvalue weighted by molar-refractivity contribution is 5.84. The van der Waals surface area contributed by atoms with E-state index in [1.165, 1.54) is 0 Å². The van der Waals surface area contributed by atoms with Gasteiger partial charge in [-0.1, -0.05) is 0 Å². The first kappa shape index (κ1) is 11.7. The molecule has 0 bridgehead atoms. The topological polar surface area (TPSA) is 93.1 Å². The summed E-state index contributed by atoms with van der Waals surface area (Å²) in [6, 6.07) is 0. The molecule has 0 aromatic carbocycles. The fraction of sp³-hybridized carbons (Fsp3) is 0.500. The summed E-state index contributed by atoms with van der Waals surface area (Å²) in [6.07, 6.45) is 1.66. The number of nitrogens with two attached hydrogens (primary N) is 1. The van der Waals surface area contributed by atoms with Crippen LogP contribution in [0.1, 0.15) is 5.82 Å². The van der Waals surface area contributed by atoms with Crippen molar-refractivity contribution in [2.24, 2.45) is 7.05 Å². The Kier molecular flexibility index (Phi) is 3.21. The van der Waals surface area contributed by atoms with Crippen LogP contribution in [0.5, 0.6) is 0 Å². The van der Waals surface area contributed by atoms with Crippen LogP contribution in [0.15, 0.2) is 6.20 Å². The highest BCUT2D eigenvalue weighted by Gasteiger charge is 2.10. The van der Waals surface area contributed by atoms with E-state index < -0.39 is 0 Å². The molecular formula is C10H16N6O. The van der Waals surface area contributed by atoms with Gasteiger partial charge in [0.1, 0.15) is 11.6 Å². The van der Waals surface area contributed by atoms with Gasteiger partial charge in [0.25, 0.3) is 0 Å². The Labute approximate surface area is 98.9 Å². The smallest absolute Gasteiger partial charge is 0.163 e. The van der Waals surface area contributed by atoms with E-state index in [4.69, 9.17) is 10.8 Å². The minimum atomic E-state index is 0.111. The standard InChI is InChI=1S/C10H16N6O/c1-15(3-4-17)6-8-13-9(11)7-5-12-16(2)10(7)14-8/h5,17H,3-4,6H2,1-2H3,(H2,11,13,14). The molecule has 2 aromatic rings. The Morgan fingerprint density at radius 2 is 2.24 bits per heavy atom. The van der Waals surface area contributed by atoms with E-state index >= 15 is 0 Å². The van der Waals surface area contributed by atoms with Gasteiger partial charge in [0.15, 0.2) is 5.65 Å². The maximum atomic E-state index is 8.83. The van der Waals surface area contributed by atoms with Crippen LogP contribution in [0.3, 0.4) is 0 Å². The predicted molar refractivity (Wildman–Crippen MR) is 64.1 cm³/mol. The average molecular weight is 236 g/mol. The fourth-order valence-corrected chi connectivity index (χ4v) is 1.65. The molecule has 2 rings (SSSR count). The maximum absolute atomic E-state index is 8.83. The zero-order chi connectivity index (χ0) is 12.4. The number of anilines is 1. The quantitative estimate of drug-likeness (QED) is 0.734. The lowest BCUT2D eigenvalue weighted by atomic mass is 10.4. The zero-order valence-corrected chi connectivity index (χ0v) is 9.96. The lowest BCUT2D eigenvalue weighted by Gasteiger charge is -2.13. The molecule has 0 saturated carbocycles. The molecule has 0 unspecified atom stereocenters. The summed E-state index contributed by atoms with van der Waals surface area (Å²) in [5.74, 6) is 1.07. The van der Waals surface area contributed by atoms with Crippen LogP contribution in [0.2, 0.25) is 0 Å². The predicted octanol–water partition coefficient (Wildman–Crippen LogP) is -0.630. The summed E-state index contributed by atoms with van der Waals surface area (Å²) in [4.78, 5) is 10.6. The highest BCUT2D eigenvalue weighted by Crippen LogP contribution is 2.16. The Hall–Kier alpha value is -1.73. The van der Waals surface area contributed by atoms with Crippen molar-refractivity contribution in [3.05, 3.63) is 12.0 Å². The van der Waals surface area contributed by atoms with Crippen molar-refractivity contribution in [1.82, 2.24) is 24.6 Å². The molecule has 0 saturated heterocycles. The van der Waals surface area contributed by atoms with E-state index in [0.29, 0.717) is 24.7 Å². The first-order valence-corrected chi connectivity index (χ1v) is 5.35. The van der Waals surface area contributed by atoms with Crippen molar-refractivity contribution in [2.75, 3.05) is 25.9 Å². The summed E-state index contributed by atoms with van der Waals surface area (Å²) in [5, 5.41) is 13.7. The number of nitrogens with zero attached hydrogens (tertiary/aromatic N) is 5. The molecule has 0 fully saturated rings. The summed E-state index contributed by atoms with van der Waals surface area (Å²) in [6.45, 7) is 1.23. The number of aromatic nitrogens is 4. The lowest BCUT2D eigenvalue weighted by molar-refractivity contribution is 0.215.